The van der Waals surface area contributed by atoms with E-state index in [9.17, 15) is 14.5 Å². The number of hydrogen-bond acceptors (Lipinski definition) is 10. The Labute approximate surface area is 263 Å². The Morgan fingerprint density at radius 2 is 1.91 bits per heavy atom. The number of benzene rings is 1. The molecule has 0 spiro atoms. The van der Waals surface area contributed by atoms with Gasteiger partial charge in [-0.25, -0.2) is 0 Å². The zero-order valence-electron chi connectivity index (χ0n) is 25.8. The summed E-state index contributed by atoms with van der Waals surface area (Å²) >= 11 is 0. The van der Waals surface area contributed by atoms with Crippen LogP contribution in [0.3, 0.4) is 0 Å². The van der Waals surface area contributed by atoms with Crippen LogP contribution in [0.25, 0.3) is 0 Å². The van der Waals surface area contributed by atoms with Crippen LogP contribution in [0.5, 0.6) is 5.75 Å². The molecule has 3 unspecified atom stereocenters. The summed E-state index contributed by atoms with van der Waals surface area (Å²) in [6.45, 7) is 2.04. The van der Waals surface area contributed by atoms with E-state index in [0.29, 0.717) is 30.8 Å². The first-order chi connectivity index (χ1) is 21.6. The fourth-order valence-electron chi connectivity index (χ4n) is 5.57. The summed E-state index contributed by atoms with van der Waals surface area (Å²) in [5.74, 6) is -5.74. The quantitative estimate of drug-likeness (QED) is 0.113. The first-order valence-corrected chi connectivity index (χ1v) is 17.6. The van der Waals surface area contributed by atoms with Gasteiger partial charge in [-0.3, -0.25) is 0 Å². The molecule has 2 aliphatic heterocycles. The fraction of sp³-hybridized carbons (Fsp3) is 0.645. The minimum absolute atomic E-state index is 0.00266. The Bertz CT molecular complexity index is 1300. The molecule has 0 saturated carbocycles. The maximum atomic E-state index is 16.3. The van der Waals surface area contributed by atoms with Gasteiger partial charge < -0.3 is 0 Å². The number of nitrogens with zero attached hydrogens (tertiary/aromatic N) is 2. The molecule has 1 aromatic heterocycles. The molecule has 0 amide bonds. The molecule has 0 radical (unpaired) electrons. The van der Waals surface area contributed by atoms with Gasteiger partial charge in [-0.05, 0) is 0 Å². The van der Waals surface area contributed by atoms with Crippen LogP contribution in [0.15, 0.2) is 41.3 Å². The summed E-state index contributed by atoms with van der Waals surface area (Å²) < 4.78 is 61.0. The predicted molar refractivity (Wildman–Crippen MR) is 166 cm³/mol. The van der Waals surface area contributed by atoms with Crippen molar-refractivity contribution in [3.8, 4) is 5.75 Å². The summed E-state index contributed by atoms with van der Waals surface area (Å²) in [4.78, 5) is 40.7. The number of para-hydroxylation sites is 1. The van der Waals surface area contributed by atoms with E-state index in [4.69, 9.17) is 28.8 Å². The second-order valence-corrected chi connectivity index (χ2v) is 13.6. The van der Waals surface area contributed by atoms with Crippen LogP contribution in [0.1, 0.15) is 89.2 Å². The van der Waals surface area contributed by atoms with Crippen molar-refractivity contribution in [2.75, 3.05) is 25.6 Å². The molecule has 1 aromatic carbocycles. The molecule has 45 heavy (non-hydrogen) atoms. The number of nitrogen functional groups attached to an aromatic ring is 1. The van der Waals surface area contributed by atoms with Crippen LogP contribution in [0.2, 0.25) is 0 Å². The van der Waals surface area contributed by atoms with E-state index in [1.165, 1.54) is 18.7 Å². The van der Waals surface area contributed by atoms with E-state index >= 15 is 8.78 Å². The third kappa shape index (κ3) is 10.4. The second-order valence-electron chi connectivity index (χ2n) is 11.7. The van der Waals surface area contributed by atoms with Crippen LogP contribution in [-0.4, -0.2) is 52.3 Å². The van der Waals surface area contributed by atoms with Gasteiger partial charge in [-0.1, -0.05) is 26.2 Å². The average Bonchev–Trinajstić information content (AvgIpc) is 3.52. The molecule has 2 aliphatic rings. The van der Waals surface area contributed by atoms with Crippen molar-refractivity contribution in [1.29, 1.82) is 0 Å². The molecule has 0 bridgehead atoms. The Hall–Kier alpha value is -2.70. The number of unbranched alkanes of at least 4 members (excludes halogenated alkanes) is 7. The van der Waals surface area contributed by atoms with Gasteiger partial charge in [0.2, 0.25) is 0 Å². The monoisotopic (exact) mass is 657 g/mol. The number of carbonyl (C=O) groups is 1. The number of halogens is 2. The molecule has 11 nitrogen and oxygen atoms in total. The van der Waals surface area contributed by atoms with Gasteiger partial charge in [0.05, 0.1) is 0 Å². The zero-order valence-corrected chi connectivity index (χ0v) is 26.8. The Kier molecular flexibility index (Phi) is 13.1. The Balaban J connectivity index is 1.49. The summed E-state index contributed by atoms with van der Waals surface area (Å²) in [7, 11) is -4.32. The van der Waals surface area contributed by atoms with Gasteiger partial charge in [0.15, 0.2) is 0 Å². The number of anilines is 1. The van der Waals surface area contributed by atoms with Crippen molar-refractivity contribution in [2.45, 2.75) is 102 Å². The van der Waals surface area contributed by atoms with Crippen LogP contribution in [-0.2, 0) is 29.9 Å². The third-order valence-electron chi connectivity index (χ3n) is 8.12. The van der Waals surface area contributed by atoms with E-state index in [1.807, 2.05) is 0 Å². The van der Waals surface area contributed by atoms with Crippen molar-refractivity contribution in [3.05, 3.63) is 52.6 Å². The van der Waals surface area contributed by atoms with Crippen LogP contribution in [0.4, 0.5) is 14.6 Å². The van der Waals surface area contributed by atoms with E-state index in [2.05, 4.69) is 11.9 Å². The topological polar surface area (TPSA) is 144 Å². The normalized spacial score (nSPS) is 19.7. The predicted octanol–water partition coefficient (Wildman–Crippen LogP) is 5.90. The molecular formula is C31H46F2N3O8P. The van der Waals surface area contributed by atoms with Crippen LogP contribution >= 0.6 is 8.17 Å². The molecule has 2 aromatic rings. The number of carbonyl (C=O) groups excluding carboxylic acids is 1. The number of aromatic nitrogens is 2. The van der Waals surface area contributed by atoms with Crippen molar-refractivity contribution in [1.82, 2.24) is 9.55 Å². The SMILES string of the molecule is CCCCCCCCCCC(n1ccc(N)nc1=O)C(F)(F)CC(CO[PH]1(O)OCc2ccccc2O1)C(=O)OC1CCOC1. The molecule has 3 heterocycles. The fourth-order valence-corrected chi connectivity index (χ4v) is 6.99. The second kappa shape index (κ2) is 16.7. The molecule has 1 saturated heterocycles. The van der Waals surface area contributed by atoms with Crippen molar-refractivity contribution >= 4 is 20.0 Å². The average molecular weight is 658 g/mol. The molecule has 14 heteroatoms. The third-order valence-corrected chi connectivity index (χ3v) is 9.64. The van der Waals surface area contributed by atoms with E-state index in [1.54, 1.807) is 24.3 Å². The van der Waals surface area contributed by atoms with E-state index in [0.717, 1.165) is 43.1 Å². The van der Waals surface area contributed by atoms with Crippen molar-refractivity contribution in [2.24, 2.45) is 5.92 Å². The number of hydrogen-bond donors (Lipinski definition) is 2. The van der Waals surface area contributed by atoms with E-state index in [-0.39, 0.29) is 25.5 Å². The molecule has 1 fully saturated rings. The Morgan fingerprint density at radius 3 is 2.62 bits per heavy atom. The number of nitrogens with two attached hydrogens (primary N) is 1. The first-order valence-electron chi connectivity index (χ1n) is 15.9. The standard InChI is InChI=1S/C31H46F2N3O8P/c1-2-3-4-5-6-7-8-9-14-27(36-17-15-28(34)35-30(36)38)31(32,33)19-24(29(37)43-25-16-18-40-22-25)21-42-45(39)41-20-23-12-10-11-13-26(23)44-45/h10-13,15,17,24-25,27,39,45H,2-9,14,16,18-22H2,1H3,(H2,34,35,38). The minimum atomic E-state index is -4.32. The summed E-state index contributed by atoms with van der Waals surface area (Å²) in [6.07, 6.45) is 7.68. The summed E-state index contributed by atoms with van der Waals surface area (Å²) in [5.41, 5.74) is 5.42. The first kappa shape index (κ1) is 35.2. The van der Waals surface area contributed by atoms with Gasteiger partial charge in [0.1, 0.15) is 0 Å². The number of fused-ring (bicyclic) bond motifs is 1. The van der Waals surface area contributed by atoms with Gasteiger partial charge in [-0.15, -0.1) is 0 Å². The van der Waals surface area contributed by atoms with Crippen LogP contribution in [0, 0.1) is 5.92 Å². The summed E-state index contributed by atoms with van der Waals surface area (Å²) in [6, 6.07) is 6.58. The molecule has 252 valence electrons. The molecule has 0 aliphatic carbocycles. The van der Waals surface area contributed by atoms with E-state index < -0.39 is 56.8 Å². The maximum absolute atomic E-state index is 16.3. The van der Waals surface area contributed by atoms with Crippen LogP contribution < -0.4 is 15.9 Å². The number of esters is 1. The molecule has 3 atom stereocenters. The van der Waals surface area contributed by atoms with Gasteiger partial charge in [0.25, 0.3) is 0 Å². The zero-order chi connectivity index (χ0) is 32.3. The number of rotatable bonds is 18. The van der Waals surface area contributed by atoms with Gasteiger partial charge in [-0.2, -0.15) is 0 Å². The number of alkyl halides is 2. The Morgan fingerprint density at radius 1 is 1.18 bits per heavy atom. The molecular weight excluding hydrogens is 611 g/mol. The van der Waals surface area contributed by atoms with Crippen molar-refractivity contribution in [3.63, 3.8) is 0 Å². The van der Waals surface area contributed by atoms with Gasteiger partial charge in [0, 0.05) is 0 Å². The molecule has 4 rings (SSSR count). The van der Waals surface area contributed by atoms with Crippen molar-refractivity contribution < 1.29 is 41.5 Å². The summed E-state index contributed by atoms with van der Waals surface area (Å²) in [5, 5.41) is 0. The number of ether oxygens (including phenoxy) is 2. The molecule has 3 N–H and O–H groups in total. The van der Waals surface area contributed by atoms with Gasteiger partial charge >= 0.3 is 237 Å².